The molecule has 0 saturated carbocycles. The minimum atomic E-state index is -1.63. The van der Waals surface area contributed by atoms with Crippen LogP contribution in [0.5, 0.6) is 5.75 Å². The van der Waals surface area contributed by atoms with Crippen LogP contribution in [0.3, 0.4) is 0 Å². The standard InChI is InChI=1S/C30H44ClO2P/c1-18-21-14-19(27(2,3)4)16-23(29(8,9)10)25(21)32-34(31)33-26-22(18)15-20(28(5,6)7)17-24(26)30(11,12)13/h14-17,25H,1-13H3/b21-18-. The molecule has 0 bridgehead atoms. The highest BCUT2D eigenvalue weighted by Crippen LogP contribution is 2.57. The van der Waals surface area contributed by atoms with Crippen molar-refractivity contribution >= 4 is 24.5 Å². The van der Waals surface area contributed by atoms with Gasteiger partial charge >= 0.3 is 7.73 Å². The van der Waals surface area contributed by atoms with Crippen LogP contribution in [0.2, 0.25) is 0 Å². The number of allylic oxidation sites excluding steroid dienone is 3. The Labute approximate surface area is 214 Å². The topological polar surface area (TPSA) is 18.5 Å². The molecule has 1 aliphatic heterocycles. The lowest BCUT2D eigenvalue weighted by molar-refractivity contribution is 0.248. The fourth-order valence-corrected chi connectivity index (χ4v) is 5.71. The van der Waals surface area contributed by atoms with E-state index in [0.717, 1.165) is 11.3 Å². The van der Waals surface area contributed by atoms with E-state index >= 15 is 0 Å². The molecule has 0 spiro atoms. The summed E-state index contributed by atoms with van der Waals surface area (Å²) >= 11 is 6.83. The Morgan fingerprint density at radius 1 is 0.765 bits per heavy atom. The molecule has 0 aromatic heterocycles. The lowest BCUT2D eigenvalue weighted by Gasteiger charge is -2.40. The third-order valence-electron chi connectivity index (χ3n) is 6.87. The van der Waals surface area contributed by atoms with Crippen LogP contribution in [0.1, 0.15) is 107 Å². The zero-order valence-electron chi connectivity index (χ0n) is 23.5. The van der Waals surface area contributed by atoms with Gasteiger partial charge in [-0.05, 0) is 73.7 Å². The number of rotatable bonds is 0. The predicted octanol–water partition coefficient (Wildman–Crippen LogP) is 10.3. The van der Waals surface area contributed by atoms with Crippen LogP contribution in [0.15, 0.2) is 41.0 Å². The average Bonchev–Trinajstić information content (AvgIpc) is 2.63. The van der Waals surface area contributed by atoms with Gasteiger partial charge < -0.3 is 4.52 Å². The number of benzene rings is 1. The summed E-state index contributed by atoms with van der Waals surface area (Å²) in [5.74, 6) is 0.864. The molecule has 34 heavy (non-hydrogen) atoms. The van der Waals surface area contributed by atoms with Crippen molar-refractivity contribution in [3.05, 3.63) is 57.7 Å². The molecule has 0 saturated heterocycles. The lowest BCUT2D eigenvalue weighted by Crippen LogP contribution is -2.31. The fourth-order valence-electron chi connectivity index (χ4n) is 4.48. The van der Waals surface area contributed by atoms with Gasteiger partial charge in [-0.1, -0.05) is 101 Å². The maximum Gasteiger partial charge on any atom is 0.339 e. The van der Waals surface area contributed by atoms with Crippen LogP contribution in [-0.2, 0) is 15.4 Å². The molecule has 2 aliphatic rings. The molecule has 0 fully saturated rings. The molecule has 2 atom stereocenters. The highest BCUT2D eigenvalue weighted by atomic mass is 35.7. The minimum absolute atomic E-state index is 0.0133. The maximum atomic E-state index is 6.83. The van der Waals surface area contributed by atoms with E-state index in [-0.39, 0.29) is 27.8 Å². The van der Waals surface area contributed by atoms with Crippen molar-refractivity contribution in [1.82, 2.24) is 0 Å². The van der Waals surface area contributed by atoms with E-state index in [4.69, 9.17) is 20.3 Å². The van der Waals surface area contributed by atoms with Gasteiger partial charge in [0.05, 0.1) is 0 Å². The first-order valence-corrected chi connectivity index (χ1v) is 14.4. The van der Waals surface area contributed by atoms with E-state index in [1.807, 2.05) is 0 Å². The van der Waals surface area contributed by atoms with Crippen molar-refractivity contribution in [3.63, 3.8) is 0 Å². The Morgan fingerprint density at radius 2 is 1.35 bits per heavy atom. The van der Waals surface area contributed by atoms with Gasteiger partial charge in [0, 0.05) is 11.1 Å². The Hall–Kier alpha value is -1.08. The molecule has 2 unspecified atom stereocenters. The fraction of sp³-hybridized carbons (Fsp3) is 0.600. The van der Waals surface area contributed by atoms with E-state index in [0.29, 0.717) is 0 Å². The second kappa shape index (κ2) is 8.79. The summed E-state index contributed by atoms with van der Waals surface area (Å²) in [6.45, 7) is 29.3. The molecule has 4 heteroatoms. The van der Waals surface area contributed by atoms with E-state index in [1.54, 1.807) is 0 Å². The number of hydrogen-bond donors (Lipinski definition) is 0. The summed E-state index contributed by atoms with van der Waals surface area (Å²) in [5, 5.41) is 0. The Kier molecular flexibility index (Phi) is 7.11. The summed E-state index contributed by atoms with van der Waals surface area (Å²) in [5.41, 5.74) is 8.44. The van der Waals surface area contributed by atoms with Crippen molar-refractivity contribution in [2.75, 3.05) is 0 Å². The van der Waals surface area contributed by atoms with Gasteiger partial charge in [0.15, 0.2) is 0 Å². The molecule has 0 radical (unpaired) electrons. The zero-order chi connectivity index (χ0) is 26.0. The van der Waals surface area contributed by atoms with Gasteiger partial charge in [-0.2, -0.15) is 0 Å². The van der Waals surface area contributed by atoms with Crippen molar-refractivity contribution in [2.24, 2.45) is 10.8 Å². The average molecular weight is 503 g/mol. The molecule has 1 heterocycles. The smallest absolute Gasteiger partial charge is 0.339 e. The Bertz CT molecular complexity index is 1060. The van der Waals surface area contributed by atoms with Crippen molar-refractivity contribution < 1.29 is 9.05 Å². The maximum absolute atomic E-state index is 6.83. The second-order valence-electron chi connectivity index (χ2n) is 14.0. The van der Waals surface area contributed by atoms with Gasteiger partial charge in [-0.15, -0.1) is 0 Å². The number of fused-ring (bicyclic) bond motifs is 2. The second-order valence-corrected chi connectivity index (χ2v) is 15.6. The molecule has 1 aromatic rings. The quantitative estimate of drug-likeness (QED) is 0.328. The van der Waals surface area contributed by atoms with E-state index < -0.39 is 7.73 Å². The van der Waals surface area contributed by atoms with Crippen LogP contribution >= 0.6 is 19.0 Å². The summed E-state index contributed by atoms with van der Waals surface area (Å²) in [6, 6.07) is 4.61. The number of hydrogen-bond acceptors (Lipinski definition) is 2. The van der Waals surface area contributed by atoms with Gasteiger partial charge in [0.2, 0.25) is 0 Å². The summed E-state index contributed by atoms with van der Waals surface area (Å²) < 4.78 is 13.0. The highest BCUT2D eigenvalue weighted by molar-refractivity contribution is 7.76. The van der Waals surface area contributed by atoms with E-state index in [1.165, 1.54) is 33.4 Å². The van der Waals surface area contributed by atoms with Crippen LogP contribution in [0, 0.1) is 10.8 Å². The third kappa shape index (κ3) is 5.50. The van der Waals surface area contributed by atoms with Gasteiger partial charge in [0.1, 0.15) is 11.9 Å². The predicted molar refractivity (Wildman–Crippen MR) is 150 cm³/mol. The van der Waals surface area contributed by atoms with E-state index in [2.05, 4.69) is 114 Å². The third-order valence-corrected chi connectivity index (χ3v) is 8.02. The molecule has 1 aliphatic carbocycles. The Morgan fingerprint density at radius 3 is 1.82 bits per heavy atom. The first-order chi connectivity index (χ1) is 15.2. The molecule has 2 nitrogen and oxygen atoms in total. The van der Waals surface area contributed by atoms with Gasteiger partial charge in [0.25, 0.3) is 0 Å². The van der Waals surface area contributed by atoms with Crippen molar-refractivity contribution in [3.8, 4) is 5.75 Å². The van der Waals surface area contributed by atoms with Crippen LogP contribution in [-0.4, -0.2) is 6.10 Å². The molecular weight excluding hydrogens is 459 g/mol. The molecule has 0 N–H and O–H groups in total. The lowest BCUT2D eigenvalue weighted by atomic mass is 9.71. The van der Waals surface area contributed by atoms with Crippen molar-refractivity contribution in [1.29, 1.82) is 0 Å². The molecule has 1 aromatic carbocycles. The minimum Gasteiger partial charge on any atom is -0.435 e. The van der Waals surface area contributed by atoms with Crippen molar-refractivity contribution in [2.45, 2.75) is 107 Å². The first-order valence-electron chi connectivity index (χ1n) is 12.4. The molecular formula is C30H44ClO2P. The SMILES string of the molecule is C/C1=C2\C=C(C(C)(C)C)C=C(C(C)(C)C)C2OP(Cl)Oc2c1cc(C(C)(C)C)cc2C(C)(C)C. The molecule has 0 amide bonds. The number of halogens is 1. The van der Waals surface area contributed by atoms with Crippen LogP contribution in [0.4, 0.5) is 0 Å². The Balaban J connectivity index is 2.44. The zero-order valence-corrected chi connectivity index (χ0v) is 25.2. The first kappa shape index (κ1) is 27.5. The van der Waals surface area contributed by atoms with Gasteiger partial charge in [-0.3, -0.25) is 4.52 Å². The summed E-state index contributed by atoms with van der Waals surface area (Å²) in [6.07, 6.45) is 4.44. The van der Waals surface area contributed by atoms with Crippen LogP contribution < -0.4 is 4.52 Å². The highest BCUT2D eigenvalue weighted by Gasteiger charge is 2.39. The summed E-state index contributed by atoms with van der Waals surface area (Å²) in [7, 11) is -1.63. The summed E-state index contributed by atoms with van der Waals surface area (Å²) in [4.78, 5) is 0. The van der Waals surface area contributed by atoms with Crippen LogP contribution in [0.25, 0.3) is 5.57 Å². The molecule has 188 valence electrons. The van der Waals surface area contributed by atoms with Gasteiger partial charge in [-0.25, -0.2) is 0 Å². The largest absolute Gasteiger partial charge is 0.435 e. The monoisotopic (exact) mass is 502 g/mol. The van der Waals surface area contributed by atoms with E-state index in [9.17, 15) is 0 Å². The normalized spacial score (nSPS) is 24.3. The molecule has 3 rings (SSSR count).